The van der Waals surface area contributed by atoms with Gasteiger partial charge in [0, 0.05) is 18.0 Å². The van der Waals surface area contributed by atoms with E-state index in [9.17, 15) is 4.79 Å². The predicted octanol–water partition coefficient (Wildman–Crippen LogP) is 2.45. The summed E-state index contributed by atoms with van der Waals surface area (Å²) in [5.74, 6) is 0.827. The average Bonchev–Trinajstić information content (AvgIpc) is 2.62. The summed E-state index contributed by atoms with van der Waals surface area (Å²) in [7, 11) is 0. The second-order valence-corrected chi connectivity index (χ2v) is 5.41. The number of unbranched alkanes of at least 4 members (excludes halogenated alkanes) is 1. The van der Waals surface area contributed by atoms with E-state index in [1.807, 2.05) is 0 Å². The van der Waals surface area contributed by atoms with Crippen LogP contribution in [0, 0.1) is 6.92 Å². The molecule has 1 atom stereocenters. The fourth-order valence-electron chi connectivity index (χ4n) is 2.68. The minimum atomic E-state index is -0.214. The smallest absolute Gasteiger partial charge is 0.217 e. The summed E-state index contributed by atoms with van der Waals surface area (Å²) in [6, 6.07) is 6.67. The van der Waals surface area contributed by atoms with Gasteiger partial charge in [-0.2, -0.15) is 0 Å². The standard InChI is InChI=1S/C16H24N2O2/c1-12-6-4-7-13-14(8-5-11-20-16(12)13)18-10-3-2-9-15(17)19/h4,6-7,14,18H,2-3,5,8-11H2,1H3,(H2,17,19). The van der Waals surface area contributed by atoms with Gasteiger partial charge in [-0.15, -0.1) is 0 Å². The van der Waals surface area contributed by atoms with Crippen LogP contribution in [-0.4, -0.2) is 19.1 Å². The number of nitrogens with two attached hydrogens (primary N) is 1. The number of aryl methyl sites for hydroxylation is 1. The molecule has 4 nitrogen and oxygen atoms in total. The SMILES string of the molecule is Cc1cccc2c1OCCCC2NCCCCC(N)=O. The Labute approximate surface area is 120 Å². The first-order chi connectivity index (χ1) is 9.68. The normalized spacial score (nSPS) is 17.9. The lowest BCUT2D eigenvalue weighted by atomic mass is 9.99. The number of hydrogen-bond acceptors (Lipinski definition) is 3. The van der Waals surface area contributed by atoms with Crippen LogP contribution >= 0.6 is 0 Å². The maximum Gasteiger partial charge on any atom is 0.217 e. The van der Waals surface area contributed by atoms with E-state index >= 15 is 0 Å². The minimum absolute atomic E-state index is 0.214. The Kier molecular flexibility index (Phi) is 5.41. The molecule has 0 spiro atoms. The molecule has 1 aliphatic rings. The van der Waals surface area contributed by atoms with E-state index in [1.54, 1.807) is 0 Å². The first kappa shape index (κ1) is 14.9. The second-order valence-electron chi connectivity index (χ2n) is 5.41. The van der Waals surface area contributed by atoms with Crippen LogP contribution in [-0.2, 0) is 4.79 Å². The molecule has 0 saturated carbocycles. The molecule has 1 aromatic carbocycles. The van der Waals surface area contributed by atoms with E-state index in [-0.39, 0.29) is 5.91 Å². The van der Waals surface area contributed by atoms with Crippen LogP contribution in [0.4, 0.5) is 0 Å². The molecule has 2 rings (SSSR count). The number of nitrogens with one attached hydrogen (secondary N) is 1. The zero-order valence-electron chi connectivity index (χ0n) is 12.2. The molecule has 1 heterocycles. The lowest BCUT2D eigenvalue weighted by Gasteiger charge is -2.19. The zero-order valence-corrected chi connectivity index (χ0v) is 12.2. The van der Waals surface area contributed by atoms with Crippen LogP contribution in [0.2, 0.25) is 0 Å². The Bertz CT molecular complexity index is 460. The lowest BCUT2D eigenvalue weighted by molar-refractivity contribution is -0.118. The van der Waals surface area contributed by atoms with Crippen LogP contribution in [0.1, 0.15) is 49.3 Å². The Morgan fingerprint density at radius 3 is 3.10 bits per heavy atom. The van der Waals surface area contributed by atoms with Crippen LogP contribution in [0.25, 0.3) is 0 Å². The molecule has 3 N–H and O–H groups in total. The number of carbonyl (C=O) groups excluding carboxylic acids is 1. The third-order valence-electron chi connectivity index (χ3n) is 3.74. The molecule has 0 radical (unpaired) electrons. The van der Waals surface area contributed by atoms with Gasteiger partial charge in [0.25, 0.3) is 0 Å². The van der Waals surface area contributed by atoms with Crippen molar-refractivity contribution in [1.82, 2.24) is 5.32 Å². The van der Waals surface area contributed by atoms with Crippen molar-refractivity contribution in [3.8, 4) is 5.75 Å². The third kappa shape index (κ3) is 3.97. The molecule has 20 heavy (non-hydrogen) atoms. The van der Waals surface area contributed by atoms with Gasteiger partial charge in [-0.1, -0.05) is 18.2 Å². The summed E-state index contributed by atoms with van der Waals surface area (Å²) in [5.41, 5.74) is 7.60. The quantitative estimate of drug-likeness (QED) is 0.784. The Morgan fingerprint density at radius 2 is 2.30 bits per heavy atom. The zero-order chi connectivity index (χ0) is 14.4. The Hall–Kier alpha value is -1.55. The number of para-hydroxylation sites is 1. The number of carbonyl (C=O) groups is 1. The van der Waals surface area contributed by atoms with Gasteiger partial charge in [-0.3, -0.25) is 4.79 Å². The van der Waals surface area contributed by atoms with Gasteiger partial charge >= 0.3 is 0 Å². The summed E-state index contributed by atoms with van der Waals surface area (Å²) < 4.78 is 5.87. The van der Waals surface area contributed by atoms with Gasteiger partial charge < -0.3 is 15.8 Å². The molecule has 1 aromatic rings. The van der Waals surface area contributed by atoms with Crippen molar-refractivity contribution < 1.29 is 9.53 Å². The van der Waals surface area contributed by atoms with Crippen LogP contribution in [0.15, 0.2) is 18.2 Å². The number of benzene rings is 1. The summed E-state index contributed by atoms with van der Waals surface area (Å²) in [5, 5.41) is 3.59. The Balaban J connectivity index is 1.92. The summed E-state index contributed by atoms with van der Waals surface area (Å²) in [6.45, 7) is 3.79. The maximum atomic E-state index is 10.7. The number of fused-ring (bicyclic) bond motifs is 1. The topological polar surface area (TPSA) is 64.3 Å². The fourth-order valence-corrected chi connectivity index (χ4v) is 2.68. The highest BCUT2D eigenvalue weighted by Crippen LogP contribution is 2.33. The minimum Gasteiger partial charge on any atom is -0.493 e. The highest BCUT2D eigenvalue weighted by Gasteiger charge is 2.20. The molecular weight excluding hydrogens is 252 g/mol. The molecule has 110 valence electrons. The Morgan fingerprint density at radius 1 is 1.45 bits per heavy atom. The highest BCUT2D eigenvalue weighted by atomic mass is 16.5. The van der Waals surface area contributed by atoms with Gasteiger partial charge in [0.2, 0.25) is 5.91 Å². The molecule has 1 amide bonds. The van der Waals surface area contributed by atoms with Crippen molar-refractivity contribution >= 4 is 5.91 Å². The first-order valence-electron chi connectivity index (χ1n) is 7.42. The number of primary amides is 1. The maximum absolute atomic E-state index is 10.7. The van der Waals surface area contributed by atoms with Crippen molar-refractivity contribution in [1.29, 1.82) is 0 Å². The summed E-state index contributed by atoms with van der Waals surface area (Å²) >= 11 is 0. The van der Waals surface area contributed by atoms with Gasteiger partial charge in [-0.25, -0.2) is 0 Å². The van der Waals surface area contributed by atoms with E-state index in [1.165, 1.54) is 11.1 Å². The number of hydrogen-bond donors (Lipinski definition) is 2. The van der Waals surface area contributed by atoms with Gasteiger partial charge in [0.15, 0.2) is 0 Å². The lowest BCUT2D eigenvalue weighted by Crippen LogP contribution is -2.22. The summed E-state index contributed by atoms with van der Waals surface area (Å²) in [4.78, 5) is 10.7. The molecule has 1 unspecified atom stereocenters. The van der Waals surface area contributed by atoms with Crippen molar-refractivity contribution in [3.63, 3.8) is 0 Å². The van der Waals surface area contributed by atoms with Gasteiger partial charge in [-0.05, 0) is 44.7 Å². The van der Waals surface area contributed by atoms with Crippen LogP contribution in [0.5, 0.6) is 5.75 Å². The fraction of sp³-hybridized carbons (Fsp3) is 0.562. The van der Waals surface area contributed by atoms with E-state index in [0.717, 1.165) is 44.6 Å². The van der Waals surface area contributed by atoms with E-state index in [2.05, 4.69) is 30.4 Å². The molecule has 4 heteroatoms. The molecule has 0 bridgehead atoms. The van der Waals surface area contributed by atoms with Crippen molar-refractivity contribution in [2.24, 2.45) is 5.73 Å². The number of ether oxygens (including phenoxy) is 1. The highest BCUT2D eigenvalue weighted by molar-refractivity contribution is 5.73. The van der Waals surface area contributed by atoms with Gasteiger partial charge in [0.05, 0.1) is 6.61 Å². The molecule has 0 aliphatic carbocycles. The molecular formula is C16H24N2O2. The van der Waals surface area contributed by atoms with Crippen molar-refractivity contribution in [2.45, 2.75) is 45.1 Å². The van der Waals surface area contributed by atoms with Crippen LogP contribution in [0.3, 0.4) is 0 Å². The number of rotatable bonds is 6. The average molecular weight is 276 g/mol. The van der Waals surface area contributed by atoms with E-state index in [0.29, 0.717) is 12.5 Å². The predicted molar refractivity (Wildman–Crippen MR) is 79.7 cm³/mol. The monoisotopic (exact) mass is 276 g/mol. The van der Waals surface area contributed by atoms with E-state index in [4.69, 9.17) is 10.5 Å². The summed E-state index contributed by atoms with van der Waals surface area (Å²) in [6.07, 6.45) is 4.46. The van der Waals surface area contributed by atoms with Gasteiger partial charge in [0.1, 0.15) is 5.75 Å². The second kappa shape index (κ2) is 7.29. The van der Waals surface area contributed by atoms with Crippen molar-refractivity contribution in [3.05, 3.63) is 29.3 Å². The third-order valence-corrected chi connectivity index (χ3v) is 3.74. The first-order valence-corrected chi connectivity index (χ1v) is 7.42. The molecule has 0 aromatic heterocycles. The van der Waals surface area contributed by atoms with Crippen LogP contribution < -0.4 is 15.8 Å². The molecule has 0 saturated heterocycles. The van der Waals surface area contributed by atoms with Crippen molar-refractivity contribution in [2.75, 3.05) is 13.2 Å². The number of amides is 1. The molecule has 0 fully saturated rings. The molecule has 1 aliphatic heterocycles. The largest absolute Gasteiger partial charge is 0.493 e. The van der Waals surface area contributed by atoms with E-state index < -0.39 is 0 Å².